The quantitative estimate of drug-likeness (QED) is 0.153. The first-order valence-corrected chi connectivity index (χ1v) is 18.6. The number of ether oxygens (including phenoxy) is 2. The second-order valence-corrected chi connectivity index (χ2v) is 15.5. The van der Waals surface area contributed by atoms with E-state index in [4.69, 9.17) is 14.6 Å². The van der Waals surface area contributed by atoms with E-state index < -0.39 is 5.82 Å². The van der Waals surface area contributed by atoms with Crippen LogP contribution in [0.5, 0.6) is 11.5 Å². The molecular formula is C40H50FN9O3. The van der Waals surface area contributed by atoms with Gasteiger partial charge in [0.05, 0.1) is 23.6 Å². The highest BCUT2D eigenvalue weighted by Crippen LogP contribution is 2.39. The van der Waals surface area contributed by atoms with E-state index in [9.17, 15) is 9.18 Å². The maximum Gasteiger partial charge on any atom is 0.320 e. The Balaban J connectivity index is 1.08. The van der Waals surface area contributed by atoms with Crippen LogP contribution in [-0.2, 0) is 5.41 Å². The van der Waals surface area contributed by atoms with Gasteiger partial charge >= 0.3 is 6.03 Å². The van der Waals surface area contributed by atoms with Crippen LogP contribution in [0.1, 0.15) is 88.8 Å². The van der Waals surface area contributed by atoms with Gasteiger partial charge in [-0.3, -0.25) is 9.72 Å². The van der Waals surface area contributed by atoms with Gasteiger partial charge in [0.15, 0.2) is 5.65 Å². The number of rotatable bonds is 10. The second-order valence-electron chi connectivity index (χ2n) is 15.5. The van der Waals surface area contributed by atoms with Crippen LogP contribution in [0.4, 0.5) is 21.0 Å². The summed E-state index contributed by atoms with van der Waals surface area (Å²) in [5, 5.41) is 19.9. The van der Waals surface area contributed by atoms with E-state index in [0.29, 0.717) is 49.3 Å². The van der Waals surface area contributed by atoms with Crippen LogP contribution in [0.25, 0.3) is 11.3 Å². The van der Waals surface area contributed by atoms with Crippen molar-refractivity contribution in [1.29, 1.82) is 0 Å². The van der Waals surface area contributed by atoms with Crippen molar-refractivity contribution >= 4 is 23.4 Å². The Labute approximate surface area is 310 Å². The molecule has 1 aliphatic heterocycles. The molecule has 2 aliphatic rings. The van der Waals surface area contributed by atoms with E-state index in [-0.39, 0.29) is 23.6 Å². The van der Waals surface area contributed by atoms with E-state index in [0.717, 1.165) is 53.6 Å². The van der Waals surface area contributed by atoms with E-state index in [1.54, 1.807) is 10.7 Å². The fraction of sp³-hybridized carbons (Fsp3) is 0.450. The summed E-state index contributed by atoms with van der Waals surface area (Å²) < 4.78 is 30.9. The lowest BCUT2D eigenvalue weighted by Gasteiger charge is -2.33. The maximum absolute atomic E-state index is 14.9. The fourth-order valence-electron chi connectivity index (χ4n) is 7.15. The number of halogens is 1. The predicted molar refractivity (Wildman–Crippen MR) is 204 cm³/mol. The van der Waals surface area contributed by atoms with Gasteiger partial charge < -0.3 is 24.6 Å². The largest absolute Gasteiger partial charge is 0.492 e. The van der Waals surface area contributed by atoms with Gasteiger partial charge in [0.25, 0.3) is 0 Å². The van der Waals surface area contributed by atoms with Gasteiger partial charge in [-0.25, -0.2) is 13.9 Å². The topological polar surface area (TPSA) is 114 Å². The number of nitrogens with zero attached hydrogens (tertiary/aromatic N) is 7. The maximum atomic E-state index is 14.9. The van der Waals surface area contributed by atoms with Gasteiger partial charge in [0.2, 0.25) is 5.95 Å². The number of fused-ring (bicyclic) bond motifs is 2. The van der Waals surface area contributed by atoms with E-state index in [2.05, 4.69) is 38.7 Å². The van der Waals surface area contributed by atoms with Crippen LogP contribution in [0, 0.1) is 5.82 Å². The van der Waals surface area contributed by atoms with Crippen LogP contribution in [0.3, 0.4) is 0 Å². The summed E-state index contributed by atoms with van der Waals surface area (Å²) in [6.07, 6.45) is 6.67. The molecule has 3 aromatic heterocycles. The summed E-state index contributed by atoms with van der Waals surface area (Å²) in [6.45, 7) is 10.4. The minimum atomic E-state index is -0.459. The Hall–Kier alpha value is -5.17. The molecule has 280 valence electrons. The summed E-state index contributed by atoms with van der Waals surface area (Å²) in [5.74, 6) is 1.93. The van der Waals surface area contributed by atoms with Crippen molar-refractivity contribution in [2.24, 2.45) is 0 Å². The number of hydrogen-bond acceptors (Lipinski definition) is 8. The summed E-state index contributed by atoms with van der Waals surface area (Å²) in [5.41, 5.74) is 3.69. The number of carbonyl (C=O) groups excluding carboxylic acids is 1. The minimum absolute atomic E-state index is 0.198. The van der Waals surface area contributed by atoms with E-state index in [1.807, 2.05) is 86.8 Å². The molecule has 7 rings (SSSR count). The van der Waals surface area contributed by atoms with E-state index >= 15 is 0 Å². The Morgan fingerprint density at radius 2 is 1.79 bits per heavy atom. The standard InChI is InChI=1S/C40H50FN9O3/c1-26-11-9-10-18-48(26)39-45-44-36-17-14-29(25-49(36)39)53-34-16-15-33(31-12-7-8-13-32(31)34)42-38(51)43-37-24-35(40(2,3)4)46-50(37)28-21-27(41)22-30(23-28)52-20-19-47(5)6/h7-8,12-14,17,21-26,33-34H,9-11,15-16,18-20H2,1-6H3,(H2,42,43,51)/t26-,33-,34+/m0/s1. The molecule has 3 atom stereocenters. The predicted octanol–water partition coefficient (Wildman–Crippen LogP) is 7.45. The van der Waals surface area contributed by atoms with Crippen molar-refractivity contribution in [1.82, 2.24) is 34.6 Å². The molecule has 1 fully saturated rings. The summed E-state index contributed by atoms with van der Waals surface area (Å²) in [6, 6.07) is 18.1. The average molecular weight is 724 g/mol. The number of hydrogen-bond donors (Lipinski definition) is 2. The smallest absolute Gasteiger partial charge is 0.320 e. The highest BCUT2D eigenvalue weighted by Gasteiger charge is 2.31. The molecule has 53 heavy (non-hydrogen) atoms. The zero-order valence-electron chi connectivity index (χ0n) is 31.5. The van der Waals surface area contributed by atoms with Crippen LogP contribution in [0.15, 0.2) is 66.9 Å². The van der Waals surface area contributed by atoms with Crippen LogP contribution < -0.4 is 25.0 Å². The molecule has 2 amide bonds. The highest BCUT2D eigenvalue weighted by atomic mass is 19.1. The average Bonchev–Trinajstić information content (AvgIpc) is 3.74. The monoisotopic (exact) mass is 723 g/mol. The van der Waals surface area contributed by atoms with Gasteiger partial charge in [-0.1, -0.05) is 45.0 Å². The summed E-state index contributed by atoms with van der Waals surface area (Å²) in [4.78, 5) is 18.0. The molecule has 0 radical (unpaired) electrons. The molecule has 0 saturated carbocycles. The van der Waals surface area contributed by atoms with Gasteiger partial charge in [-0.05, 0) is 82.4 Å². The van der Waals surface area contributed by atoms with Crippen molar-refractivity contribution in [3.8, 4) is 17.2 Å². The van der Waals surface area contributed by atoms with Crippen LogP contribution in [0.2, 0.25) is 0 Å². The Kier molecular flexibility index (Phi) is 10.3. The Morgan fingerprint density at radius 3 is 2.57 bits per heavy atom. The number of anilines is 2. The lowest BCUT2D eigenvalue weighted by atomic mass is 9.85. The number of urea groups is 1. The number of nitrogens with one attached hydrogen (secondary N) is 2. The molecule has 13 heteroatoms. The molecule has 0 unspecified atom stereocenters. The number of likely N-dealkylation sites (N-methyl/N-ethyl adjacent to an activating group) is 1. The third-order valence-corrected chi connectivity index (χ3v) is 10.1. The van der Waals surface area contributed by atoms with Crippen molar-refractivity contribution in [3.05, 3.63) is 89.5 Å². The molecule has 5 aromatic rings. The molecule has 4 heterocycles. The molecule has 1 saturated heterocycles. The molecule has 0 spiro atoms. The van der Waals surface area contributed by atoms with E-state index in [1.165, 1.54) is 18.6 Å². The zero-order valence-corrected chi connectivity index (χ0v) is 31.5. The first-order valence-electron chi connectivity index (χ1n) is 18.6. The molecule has 12 nitrogen and oxygen atoms in total. The third-order valence-electron chi connectivity index (χ3n) is 10.1. The first-order chi connectivity index (χ1) is 25.4. The number of piperidine rings is 1. The normalized spacial score (nSPS) is 18.9. The molecule has 1 aliphatic carbocycles. The van der Waals surface area contributed by atoms with Gasteiger partial charge in [-0.15, -0.1) is 10.2 Å². The second kappa shape index (κ2) is 15.1. The molecular weight excluding hydrogens is 673 g/mol. The van der Waals surface area contributed by atoms with Crippen molar-refractivity contribution in [2.75, 3.05) is 44.0 Å². The third kappa shape index (κ3) is 8.09. The molecule has 0 bridgehead atoms. The number of carbonyl (C=O) groups is 1. The Bertz CT molecular complexity index is 2070. The van der Waals surface area contributed by atoms with Crippen molar-refractivity contribution in [3.63, 3.8) is 0 Å². The Morgan fingerprint density at radius 1 is 0.981 bits per heavy atom. The zero-order chi connectivity index (χ0) is 37.3. The highest BCUT2D eigenvalue weighted by molar-refractivity contribution is 5.89. The first kappa shape index (κ1) is 36.2. The number of amides is 2. The minimum Gasteiger partial charge on any atom is -0.492 e. The van der Waals surface area contributed by atoms with Crippen molar-refractivity contribution < 1.29 is 18.7 Å². The van der Waals surface area contributed by atoms with Crippen LogP contribution in [-0.4, -0.2) is 75.1 Å². The number of benzene rings is 2. The number of pyridine rings is 1. The number of aromatic nitrogens is 5. The summed E-state index contributed by atoms with van der Waals surface area (Å²) >= 11 is 0. The van der Waals surface area contributed by atoms with Gasteiger partial charge in [0.1, 0.15) is 35.8 Å². The van der Waals surface area contributed by atoms with Crippen molar-refractivity contribution in [2.45, 2.75) is 83.4 Å². The van der Waals surface area contributed by atoms with Gasteiger partial charge in [-0.2, -0.15) is 5.10 Å². The molecule has 2 N–H and O–H groups in total. The SMILES string of the molecule is C[C@H]1CCCCN1c1nnc2ccc(O[C@@H]3CC[C@H](NC(=O)Nc4cc(C(C)(C)C)nn4-c4cc(F)cc(OCCN(C)C)c4)c4ccccc43)cn12. The van der Waals surface area contributed by atoms with Crippen LogP contribution >= 0.6 is 0 Å². The lowest BCUT2D eigenvalue weighted by molar-refractivity contribution is 0.171. The lowest BCUT2D eigenvalue weighted by Crippen LogP contribution is -2.38. The molecule has 2 aromatic carbocycles. The fourth-order valence-corrected chi connectivity index (χ4v) is 7.15. The van der Waals surface area contributed by atoms with Gasteiger partial charge in [0, 0.05) is 42.7 Å². The summed E-state index contributed by atoms with van der Waals surface area (Å²) in [7, 11) is 3.90.